The number of rotatable bonds is 22. The first-order valence-electron chi connectivity index (χ1n) is 22.5. The number of nitrogens with one attached hydrogen (secondary N) is 6. The van der Waals surface area contributed by atoms with E-state index in [0.717, 1.165) is 0 Å². The van der Waals surface area contributed by atoms with Gasteiger partial charge in [-0.1, -0.05) is 60.7 Å². The molecule has 0 spiro atoms. The number of hydrogen-bond acceptors (Lipinski definition) is 13. The third kappa shape index (κ3) is 17.0. The van der Waals surface area contributed by atoms with E-state index in [0.29, 0.717) is 34.0 Å². The average Bonchev–Trinajstić information content (AvgIpc) is 4.00. The zero-order valence-electron chi connectivity index (χ0n) is 39.1. The number of fused-ring (bicyclic) bond motifs is 1. The van der Waals surface area contributed by atoms with Gasteiger partial charge >= 0.3 is 12.1 Å². The largest absolute Gasteiger partial charge is 0.508 e. The molecule has 73 heavy (non-hydrogen) atoms. The topological polar surface area (TPSA) is 392 Å². The number of carbonyl (C=O) groups is 9. The molecular formula is C47H57F3N10O13. The number of carboxylic acids is 1. The van der Waals surface area contributed by atoms with Gasteiger partial charge in [-0.15, -0.1) is 0 Å². The molecule has 0 bridgehead atoms. The van der Waals surface area contributed by atoms with E-state index in [1.54, 1.807) is 72.9 Å². The number of para-hydroxylation sites is 1. The molecule has 0 aliphatic carbocycles. The molecule has 1 aliphatic rings. The van der Waals surface area contributed by atoms with E-state index in [1.807, 2.05) is 0 Å². The zero-order chi connectivity index (χ0) is 54.2. The van der Waals surface area contributed by atoms with Crippen LogP contribution >= 0.6 is 0 Å². The normalized spacial score (nSPS) is 16.2. The van der Waals surface area contributed by atoms with Gasteiger partial charge in [-0.25, -0.2) is 4.79 Å². The number of aromatic hydroxyl groups is 1. The SMILES string of the molecule is CC(O)C(NC(=O)C(Cc1c[nH]c2ccccc12)NC(=O)C1CCCN1C(=O)C(CO)NC(=O)C(N)Cc1ccc(O)cc1)C(=O)NC(CC(N)=O)C(=O)NC(Cc1ccccc1)C(N)=O.O=C(O)C(F)(F)F. The summed E-state index contributed by atoms with van der Waals surface area (Å²) >= 11 is 0. The molecule has 4 aromatic rings. The number of aliphatic hydroxyl groups is 2. The number of aliphatic hydroxyl groups excluding tert-OH is 2. The number of phenols is 1. The fourth-order valence-electron chi connectivity index (χ4n) is 7.62. The van der Waals surface area contributed by atoms with Crippen LogP contribution < -0.4 is 43.8 Å². The molecule has 16 N–H and O–H groups in total. The van der Waals surface area contributed by atoms with Gasteiger partial charge in [-0.05, 0) is 61.1 Å². The Labute approximate surface area is 414 Å². The van der Waals surface area contributed by atoms with E-state index in [2.05, 4.69) is 31.6 Å². The number of phenolic OH excluding ortho intramolecular Hbond substituents is 1. The maximum atomic E-state index is 14.3. The fourth-order valence-corrected chi connectivity index (χ4v) is 7.62. The molecule has 1 saturated heterocycles. The molecule has 0 radical (unpaired) electrons. The maximum absolute atomic E-state index is 14.3. The molecule has 8 unspecified atom stereocenters. The molecule has 23 nitrogen and oxygen atoms in total. The van der Waals surface area contributed by atoms with Crippen molar-refractivity contribution in [3.8, 4) is 5.75 Å². The van der Waals surface area contributed by atoms with E-state index in [1.165, 1.54) is 24.0 Å². The summed E-state index contributed by atoms with van der Waals surface area (Å²) in [5.41, 5.74) is 19.6. The van der Waals surface area contributed by atoms with E-state index in [9.17, 15) is 66.8 Å². The molecule has 5 rings (SSSR count). The quantitative estimate of drug-likeness (QED) is 0.0406. The number of primary amides is 2. The summed E-state index contributed by atoms with van der Waals surface area (Å²) in [5, 5.41) is 50.7. The number of aromatic nitrogens is 1. The Morgan fingerprint density at radius 3 is 1.90 bits per heavy atom. The highest BCUT2D eigenvalue weighted by Crippen LogP contribution is 2.22. The Bertz CT molecular complexity index is 2600. The molecule has 1 fully saturated rings. The number of amides is 8. The predicted molar refractivity (Wildman–Crippen MR) is 252 cm³/mol. The van der Waals surface area contributed by atoms with Gasteiger partial charge in [0.15, 0.2) is 0 Å². The van der Waals surface area contributed by atoms with Crippen LogP contribution in [-0.2, 0) is 62.4 Å². The molecular weight excluding hydrogens is 970 g/mol. The van der Waals surface area contributed by atoms with Crippen LogP contribution in [0.25, 0.3) is 10.9 Å². The lowest BCUT2D eigenvalue weighted by atomic mass is 10.0. The molecule has 0 saturated carbocycles. The Kier molecular flexibility index (Phi) is 20.8. The molecule has 8 atom stereocenters. The minimum Gasteiger partial charge on any atom is -0.508 e. The Morgan fingerprint density at radius 1 is 0.740 bits per heavy atom. The van der Waals surface area contributed by atoms with Gasteiger partial charge in [0, 0.05) is 36.5 Å². The first-order valence-corrected chi connectivity index (χ1v) is 22.5. The first-order chi connectivity index (χ1) is 34.4. The number of carbonyl (C=O) groups excluding carboxylic acids is 8. The highest BCUT2D eigenvalue weighted by Gasteiger charge is 2.41. The van der Waals surface area contributed by atoms with Crippen LogP contribution in [0.15, 0.2) is 85.1 Å². The van der Waals surface area contributed by atoms with E-state index in [4.69, 9.17) is 27.1 Å². The fraction of sp³-hybridized carbons (Fsp3) is 0.383. The highest BCUT2D eigenvalue weighted by atomic mass is 19.4. The number of nitrogens with two attached hydrogens (primary N) is 3. The molecule has 2 heterocycles. The summed E-state index contributed by atoms with van der Waals surface area (Å²) in [6.45, 7) is 0.429. The van der Waals surface area contributed by atoms with Crippen LogP contribution in [0.2, 0.25) is 0 Å². The number of hydrogen-bond donors (Lipinski definition) is 13. The number of H-pyrrole nitrogens is 1. The van der Waals surface area contributed by atoms with Gasteiger partial charge < -0.3 is 74.1 Å². The number of aromatic amines is 1. The number of alkyl halides is 3. The van der Waals surface area contributed by atoms with Crippen molar-refractivity contribution in [2.75, 3.05) is 13.2 Å². The van der Waals surface area contributed by atoms with Crippen molar-refractivity contribution in [3.63, 3.8) is 0 Å². The van der Waals surface area contributed by atoms with Gasteiger partial charge in [0.25, 0.3) is 0 Å². The third-order valence-corrected chi connectivity index (χ3v) is 11.4. The van der Waals surface area contributed by atoms with Gasteiger partial charge in [0.2, 0.25) is 47.3 Å². The average molecular weight is 1030 g/mol. The van der Waals surface area contributed by atoms with Crippen LogP contribution in [0.5, 0.6) is 5.75 Å². The summed E-state index contributed by atoms with van der Waals surface area (Å²) in [7, 11) is 0. The van der Waals surface area contributed by atoms with Crippen molar-refractivity contribution >= 4 is 64.1 Å². The van der Waals surface area contributed by atoms with Crippen molar-refractivity contribution in [1.82, 2.24) is 36.5 Å². The third-order valence-electron chi connectivity index (χ3n) is 11.4. The van der Waals surface area contributed by atoms with E-state index >= 15 is 0 Å². The first kappa shape index (κ1) is 57.5. The predicted octanol–water partition coefficient (Wildman–Crippen LogP) is -1.99. The molecule has 26 heteroatoms. The van der Waals surface area contributed by atoms with Gasteiger partial charge in [0.1, 0.15) is 42.0 Å². The number of likely N-dealkylation sites (tertiary alicyclic amines) is 1. The minimum absolute atomic E-state index is 0.0157. The van der Waals surface area contributed by atoms with Crippen molar-refractivity contribution in [2.24, 2.45) is 17.2 Å². The Morgan fingerprint density at radius 2 is 1.32 bits per heavy atom. The lowest BCUT2D eigenvalue weighted by molar-refractivity contribution is -0.192. The van der Waals surface area contributed by atoms with Crippen molar-refractivity contribution in [1.29, 1.82) is 0 Å². The Balaban J connectivity index is 0.00000153. The number of halogens is 3. The lowest BCUT2D eigenvalue weighted by Crippen LogP contribution is -2.62. The standard InChI is InChI=1S/C45H56N10O11.C2HF3O2/c1-24(57)38(44(65)52-34(21-37(47)59)41(62)50-32(39(48)60)19-25-8-3-2-4-9-25)54-42(63)33(20-27-22-49-31-11-6-5-10-29(27)31)51-43(64)36-12-7-17-55(36)45(66)35(23-56)53-40(61)30(46)18-26-13-15-28(58)16-14-26;3-2(4,5)1(6)7/h2-6,8-11,13-16,22,24,30,32-36,38,49,56-58H,7,12,17-21,23,46H2,1H3,(H2,47,59)(H2,48,60)(H,50,62)(H,51,64)(H,52,65)(H,53,61)(H,54,63);(H,6,7). The summed E-state index contributed by atoms with van der Waals surface area (Å²) in [6.07, 6.45) is -5.42. The van der Waals surface area contributed by atoms with Crippen molar-refractivity contribution in [2.45, 2.75) is 100 Å². The Hall–Kier alpha value is -8.10. The van der Waals surface area contributed by atoms with E-state index < -0.39 is 121 Å². The smallest absolute Gasteiger partial charge is 0.490 e. The number of carboxylic acid groups (broad SMARTS) is 1. The van der Waals surface area contributed by atoms with Crippen molar-refractivity contribution in [3.05, 3.63) is 102 Å². The van der Waals surface area contributed by atoms with Crippen LogP contribution in [0.1, 0.15) is 42.9 Å². The van der Waals surface area contributed by atoms with Gasteiger partial charge in [-0.2, -0.15) is 13.2 Å². The monoisotopic (exact) mass is 1030 g/mol. The molecule has 3 aromatic carbocycles. The van der Waals surface area contributed by atoms with Crippen LogP contribution in [0, 0.1) is 0 Å². The summed E-state index contributed by atoms with van der Waals surface area (Å²) in [5.74, 6) is -10.0. The number of benzene rings is 3. The van der Waals surface area contributed by atoms with Crippen LogP contribution in [0.3, 0.4) is 0 Å². The van der Waals surface area contributed by atoms with Crippen LogP contribution in [0.4, 0.5) is 13.2 Å². The van der Waals surface area contributed by atoms with Crippen LogP contribution in [-0.4, -0.2) is 151 Å². The molecule has 1 aromatic heterocycles. The zero-order valence-corrected chi connectivity index (χ0v) is 39.1. The summed E-state index contributed by atoms with van der Waals surface area (Å²) in [6, 6.07) is 11.8. The number of aliphatic carboxylic acids is 1. The summed E-state index contributed by atoms with van der Waals surface area (Å²) in [4.78, 5) is 120. The number of nitrogens with zero attached hydrogens (tertiary/aromatic N) is 1. The maximum Gasteiger partial charge on any atom is 0.490 e. The lowest BCUT2D eigenvalue weighted by Gasteiger charge is -2.30. The highest BCUT2D eigenvalue weighted by molar-refractivity contribution is 5.99. The van der Waals surface area contributed by atoms with Gasteiger partial charge in [0.05, 0.1) is 25.2 Å². The van der Waals surface area contributed by atoms with Gasteiger partial charge in [-0.3, -0.25) is 38.4 Å². The van der Waals surface area contributed by atoms with E-state index in [-0.39, 0.29) is 38.0 Å². The second-order valence-corrected chi connectivity index (χ2v) is 16.9. The minimum atomic E-state index is -5.08. The second kappa shape index (κ2) is 26.4. The molecule has 1 aliphatic heterocycles. The molecule has 394 valence electrons. The summed E-state index contributed by atoms with van der Waals surface area (Å²) < 4.78 is 31.7. The molecule has 8 amide bonds. The second-order valence-electron chi connectivity index (χ2n) is 16.9. The van der Waals surface area contributed by atoms with Crippen molar-refractivity contribution < 1.29 is 76.7 Å².